The number of alkyl halides is 3. The molecule has 3 nitrogen and oxygen atoms in total. The number of H-pyrrole nitrogens is 1. The highest BCUT2D eigenvalue weighted by Gasteiger charge is 2.30. The minimum Gasteiger partial charge on any atom is -0.451 e. The lowest BCUT2D eigenvalue weighted by molar-refractivity contribution is -0.161. The van der Waals surface area contributed by atoms with Gasteiger partial charge in [-0.05, 0) is 18.9 Å². The molecule has 0 aliphatic heterocycles. The SMILES string of the molecule is CCCCCCCCCCCCc1cc(Cl)c(C(=O)OCC(F)(F)F)[nH]1. The molecule has 0 unspecified atom stereocenters. The van der Waals surface area contributed by atoms with Crippen molar-refractivity contribution in [3.8, 4) is 0 Å². The predicted molar refractivity (Wildman–Crippen MR) is 97.7 cm³/mol. The number of rotatable bonds is 13. The molecule has 0 saturated heterocycles. The lowest BCUT2D eigenvalue weighted by Gasteiger charge is -2.07. The summed E-state index contributed by atoms with van der Waals surface area (Å²) in [6.45, 7) is 0.598. The Labute approximate surface area is 158 Å². The highest BCUT2D eigenvalue weighted by Crippen LogP contribution is 2.22. The molecule has 1 heterocycles. The Kier molecular flexibility index (Phi) is 10.8. The van der Waals surface area contributed by atoms with Crippen LogP contribution in [-0.2, 0) is 11.2 Å². The van der Waals surface area contributed by atoms with E-state index < -0.39 is 18.8 Å². The molecule has 0 amide bonds. The van der Waals surface area contributed by atoms with Crippen LogP contribution in [-0.4, -0.2) is 23.7 Å². The van der Waals surface area contributed by atoms with Crippen molar-refractivity contribution >= 4 is 17.6 Å². The Morgan fingerprint density at radius 2 is 1.58 bits per heavy atom. The Balaban J connectivity index is 2.19. The molecule has 7 heteroatoms. The van der Waals surface area contributed by atoms with E-state index in [1.54, 1.807) is 6.07 Å². The van der Waals surface area contributed by atoms with Crippen molar-refractivity contribution < 1.29 is 22.7 Å². The Morgan fingerprint density at radius 3 is 2.12 bits per heavy atom. The zero-order valence-corrected chi connectivity index (χ0v) is 16.1. The van der Waals surface area contributed by atoms with Gasteiger partial charge < -0.3 is 9.72 Å². The van der Waals surface area contributed by atoms with E-state index >= 15 is 0 Å². The third kappa shape index (κ3) is 10.1. The molecule has 0 aromatic carbocycles. The molecule has 26 heavy (non-hydrogen) atoms. The van der Waals surface area contributed by atoms with Gasteiger partial charge in [0.15, 0.2) is 6.61 Å². The van der Waals surface area contributed by atoms with Crippen molar-refractivity contribution in [3.05, 3.63) is 22.5 Å². The second-order valence-electron chi connectivity index (χ2n) is 6.64. The lowest BCUT2D eigenvalue weighted by Crippen LogP contribution is -2.20. The third-order valence-electron chi connectivity index (χ3n) is 4.20. The van der Waals surface area contributed by atoms with Crippen LogP contribution >= 0.6 is 11.6 Å². The van der Waals surface area contributed by atoms with Crippen LogP contribution in [0.2, 0.25) is 5.02 Å². The number of hydrogen-bond acceptors (Lipinski definition) is 2. The Morgan fingerprint density at radius 1 is 1.04 bits per heavy atom. The maximum Gasteiger partial charge on any atom is 0.422 e. The van der Waals surface area contributed by atoms with E-state index in [4.69, 9.17) is 11.6 Å². The Hall–Kier alpha value is -1.17. The molecule has 150 valence electrons. The van der Waals surface area contributed by atoms with Gasteiger partial charge in [0.2, 0.25) is 0 Å². The van der Waals surface area contributed by atoms with E-state index in [2.05, 4.69) is 16.6 Å². The lowest BCUT2D eigenvalue weighted by atomic mass is 10.1. The minimum absolute atomic E-state index is 0.0965. The number of nitrogens with one attached hydrogen (secondary N) is 1. The first kappa shape index (κ1) is 22.9. The summed E-state index contributed by atoms with van der Waals surface area (Å²) < 4.78 is 40.5. The fraction of sp³-hybridized carbons (Fsp3) is 0.737. The van der Waals surface area contributed by atoms with Gasteiger partial charge in [-0.1, -0.05) is 76.3 Å². The van der Waals surface area contributed by atoms with E-state index in [0.29, 0.717) is 6.42 Å². The van der Waals surface area contributed by atoms with Crippen LogP contribution < -0.4 is 0 Å². The molecule has 0 atom stereocenters. The average molecular weight is 396 g/mol. The first-order chi connectivity index (χ1) is 12.3. The fourth-order valence-corrected chi connectivity index (χ4v) is 3.04. The fourth-order valence-electron chi connectivity index (χ4n) is 2.79. The van der Waals surface area contributed by atoms with Gasteiger partial charge in [0.1, 0.15) is 5.69 Å². The molecule has 1 aromatic heterocycles. The van der Waals surface area contributed by atoms with Crippen LogP contribution in [0.4, 0.5) is 13.2 Å². The van der Waals surface area contributed by atoms with Crippen LogP contribution in [0.25, 0.3) is 0 Å². The molecule has 0 bridgehead atoms. The molecule has 0 spiro atoms. The molecule has 1 rings (SSSR count). The number of ether oxygens (including phenoxy) is 1. The molecule has 0 fully saturated rings. The molecule has 0 saturated carbocycles. The van der Waals surface area contributed by atoms with Crippen molar-refractivity contribution in [2.24, 2.45) is 0 Å². The van der Waals surface area contributed by atoms with Crippen molar-refractivity contribution in [3.63, 3.8) is 0 Å². The van der Waals surface area contributed by atoms with Gasteiger partial charge in [-0.25, -0.2) is 4.79 Å². The standard InChI is InChI=1S/C19H29ClF3NO2/c1-2-3-4-5-6-7-8-9-10-11-12-15-13-16(20)17(24-15)18(25)26-14-19(21,22)23/h13,24H,2-12,14H2,1H3. The predicted octanol–water partition coefficient (Wildman–Crippen LogP) is 6.85. The summed E-state index contributed by atoms with van der Waals surface area (Å²) in [4.78, 5) is 14.4. The molecule has 0 aliphatic rings. The van der Waals surface area contributed by atoms with Gasteiger partial charge in [0, 0.05) is 5.69 Å². The largest absolute Gasteiger partial charge is 0.451 e. The van der Waals surface area contributed by atoms with Gasteiger partial charge in [-0.2, -0.15) is 13.2 Å². The van der Waals surface area contributed by atoms with Crippen molar-refractivity contribution in [1.29, 1.82) is 0 Å². The monoisotopic (exact) mass is 395 g/mol. The zero-order valence-electron chi connectivity index (χ0n) is 15.4. The maximum atomic E-state index is 12.1. The number of aryl methyl sites for hydroxylation is 1. The molecule has 1 aromatic rings. The van der Waals surface area contributed by atoms with Gasteiger partial charge in [-0.15, -0.1) is 0 Å². The molecular formula is C19H29ClF3NO2. The van der Waals surface area contributed by atoms with Gasteiger partial charge >= 0.3 is 12.1 Å². The number of esters is 1. The highest BCUT2D eigenvalue weighted by atomic mass is 35.5. The summed E-state index contributed by atoms with van der Waals surface area (Å²) in [5.74, 6) is -1.08. The normalized spacial score (nSPS) is 11.7. The third-order valence-corrected chi connectivity index (χ3v) is 4.49. The molecule has 0 radical (unpaired) electrons. The number of carbonyl (C=O) groups is 1. The first-order valence-electron chi connectivity index (χ1n) is 9.44. The highest BCUT2D eigenvalue weighted by molar-refractivity contribution is 6.33. The first-order valence-corrected chi connectivity index (χ1v) is 9.82. The molecular weight excluding hydrogens is 367 g/mol. The zero-order chi connectivity index (χ0) is 19.4. The van der Waals surface area contributed by atoms with Gasteiger partial charge in [0.05, 0.1) is 5.02 Å². The second kappa shape index (κ2) is 12.3. The summed E-state index contributed by atoms with van der Waals surface area (Å²) >= 11 is 5.91. The molecule has 0 aliphatic carbocycles. The van der Waals surface area contributed by atoms with Crippen LogP contribution in [0.1, 0.15) is 87.3 Å². The van der Waals surface area contributed by atoms with Crippen LogP contribution in [0.3, 0.4) is 0 Å². The minimum atomic E-state index is -4.55. The number of carbonyl (C=O) groups excluding carboxylic acids is 1. The van der Waals surface area contributed by atoms with E-state index in [0.717, 1.165) is 18.5 Å². The summed E-state index contributed by atoms with van der Waals surface area (Å²) in [7, 11) is 0. The van der Waals surface area contributed by atoms with Crippen molar-refractivity contribution in [1.82, 2.24) is 4.98 Å². The number of halogens is 4. The smallest absolute Gasteiger partial charge is 0.422 e. The molecule has 1 N–H and O–H groups in total. The van der Waals surface area contributed by atoms with E-state index in [-0.39, 0.29) is 10.7 Å². The van der Waals surface area contributed by atoms with E-state index in [1.165, 1.54) is 51.4 Å². The summed E-state index contributed by atoms with van der Waals surface area (Å²) in [6.07, 6.45) is 8.41. The van der Waals surface area contributed by atoms with Crippen LogP contribution in [0.5, 0.6) is 0 Å². The van der Waals surface area contributed by atoms with Crippen LogP contribution in [0.15, 0.2) is 6.07 Å². The number of aromatic nitrogens is 1. The quantitative estimate of drug-likeness (QED) is 0.293. The summed E-state index contributed by atoms with van der Waals surface area (Å²) in [5.41, 5.74) is 0.631. The van der Waals surface area contributed by atoms with Gasteiger partial charge in [0.25, 0.3) is 0 Å². The maximum absolute atomic E-state index is 12.1. The summed E-state index contributed by atoms with van der Waals surface area (Å²) in [5, 5.41) is 0.0965. The average Bonchev–Trinajstić information content (AvgIpc) is 2.94. The number of aromatic amines is 1. The number of unbranched alkanes of at least 4 members (excludes halogenated alkanes) is 9. The van der Waals surface area contributed by atoms with Crippen molar-refractivity contribution in [2.75, 3.05) is 6.61 Å². The van der Waals surface area contributed by atoms with E-state index in [1.807, 2.05) is 0 Å². The second-order valence-corrected chi connectivity index (χ2v) is 7.05. The van der Waals surface area contributed by atoms with Crippen LogP contribution in [0, 0.1) is 0 Å². The van der Waals surface area contributed by atoms with E-state index in [9.17, 15) is 18.0 Å². The van der Waals surface area contributed by atoms with Gasteiger partial charge in [-0.3, -0.25) is 0 Å². The summed E-state index contributed by atoms with van der Waals surface area (Å²) in [6, 6.07) is 1.58. The topological polar surface area (TPSA) is 42.1 Å². The van der Waals surface area contributed by atoms with Crippen molar-refractivity contribution in [2.45, 2.75) is 83.7 Å². The Bertz CT molecular complexity index is 529. The number of hydrogen-bond donors (Lipinski definition) is 1.